The van der Waals surface area contributed by atoms with Gasteiger partial charge in [0.15, 0.2) is 4.34 Å². The molecule has 0 unspecified atom stereocenters. The van der Waals surface area contributed by atoms with Gasteiger partial charge in [0.1, 0.15) is 0 Å². The number of likely N-dealkylation sites (tertiary alicyclic amines) is 1. The van der Waals surface area contributed by atoms with E-state index in [-0.39, 0.29) is 11.2 Å². The summed E-state index contributed by atoms with van der Waals surface area (Å²) < 4.78 is 0.789. The number of halogens is 1. The molecule has 8 heteroatoms. The summed E-state index contributed by atoms with van der Waals surface area (Å²) in [5.41, 5.74) is 0.868. The molecule has 1 saturated heterocycles. The van der Waals surface area contributed by atoms with E-state index in [2.05, 4.69) is 15.5 Å². The molecule has 1 N–H and O–H groups in total. The monoisotopic (exact) mass is 382 g/mol. The van der Waals surface area contributed by atoms with Crippen molar-refractivity contribution in [3.63, 3.8) is 0 Å². The van der Waals surface area contributed by atoms with Crippen LogP contribution in [-0.4, -0.2) is 39.3 Å². The number of aromatic nitrogens is 2. The van der Waals surface area contributed by atoms with E-state index in [1.54, 1.807) is 0 Å². The molecule has 0 spiro atoms. The molecule has 1 aliphatic rings. The highest BCUT2D eigenvalue weighted by molar-refractivity contribution is 8.02. The predicted molar refractivity (Wildman–Crippen MR) is 100 cm³/mol. The molecular formula is C16H19ClN4OS2. The first-order valence-corrected chi connectivity index (χ1v) is 10.0. The molecule has 1 amide bonds. The molecule has 128 valence electrons. The summed E-state index contributed by atoms with van der Waals surface area (Å²) in [4.78, 5) is 14.4. The van der Waals surface area contributed by atoms with Crippen LogP contribution >= 0.6 is 34.7 Å². The molecule has 3 rings (SSSR count). The number of carbonyl (C=O) groups excluding carboxylic acids is 1. The Balaban J connectivity index is 1.58. The number of hydrogen-bond acceptors (Lipinski definition) is 6. The van der Waals surface area contributed by atoms with Crippen LogP contribution in [0, 0.1) is 0 Å². The maximum atomic E-state index is 12.5. The second-order valence-corrected chi connectivity index (χ2v) is 8.66. The van der Waals surface area contributed by atoms with Crippen LogP contribution in [0.1, 0.15) is 26.2 Å². The quantitative estimate of drug-likeness (QED) is 0.775. The van der Waals surface area contributed by atoms with Crippen molar-refractivity contribution in [3.05, 3.63) is 29.3 Å². The molecule has 0 saturated carbocycles. The average molecular weight is 383 g/mol. The second kappa shape index (κ2) is 8.18. The van der Waals surface area contributed by atoms with E-state index in [9.17, 15) is 4.79 Å². The lowest BCUT2D eigenvalue weighted by atomic mass is 10.1. The van der Waals surface area contributed by atoms with E-state index in [0.717, 1.165) is 36.0 Å². The zero-order chi connectivity index (χ0) is 16.9. The van der Waals surface area contributed by atoms with Crippen LogP contribution in [-0.2, 0) is 4.79 Å². The highest BCUT2D eigenvalue weighted by Gasteiger charge is 2.24. The number of amides is 1. The lowest BCUT2D eigenvalue weighted by Crippen LogP contribution is -2.40. The number of nitrogens with one attached hydrogen (secondary N) is 1. The first-order chi connectivity index (χ1) is 11.6. The van der Waals surface area contributed by atoms with E-state index >= 15 is 0 Å². The lowest BCUT2D eigenvalue weighted by Gasteiger charge is -2.28. The molecule has 0 radical (unpaired) electrons. The van der Waals surface area contributed by atoms with Gasteiger partial charge in [-0.05, 0) is 44.4 Å². The second-order valence-electron chi connectivity index (χ2n) is 5.65. The fourth-order valence-corrected chi connectivity index (χ4v) is 4.76. The van der Waals surface area contributed by atoms with E-state index in [0.29, 0.717) is 10.2 Å². The van der Waals surface area contributed by atoms with Crippen molar-refractivity contribution in [2.24, 2.45) is 0 Å². The van der Waals surface area contributed by atoms with Crippen molar-refractivity contribution in [2.75, 3.05) is 18.4 Å². The van der Waals surface area contributed by atoms with Gasteiger partial charge in [0, 0.05) is 23.8 Å². The fourth-order valence-electron chi connectivity index (χ4n) is 2.57. The van der Waals surface area contributed by atoms with Crippen LogP contribution in [0.15, 0.2) is 28.6 Å². The Labute approximate surface area is 154 Å². The Kier molecular flexibility index (Phi) is 5.97. The van der Waals surface area contributed by atoms with Crippen LogP contribution in [0.3, 0.4) is 0 Å². The normalized spacial score (nSPS) is 16.0. The molecule has 24 heavy (non-hydrogen) atoms. The van der Waals surface area contributed by atoms with Gasteiger partial charge >= 0.3 is 0 Å². The predicted octanol–water partition coefficient (Wildman–Crippen LogP) is 4.43. The first-order valence-electron chi connectivity index (χ1n) is 7.93. The van der Waals surface area contributed by atoms with Crippen molar-refractivity contribution in [1.29, 1.82) is 0 Å². The lowest BCUT2D eigenvalue weighted by molar-refractivity contribution is -0.131. The molecule has 0 bridgehead atoms. The van der Waals surface area contributed by atoms with Crippen LogP contribution in [0.4, 0.5) is 10.8 Å². The van der Waals surface area contributed by atoms with E-state index < -0.39 is 0 Å². The first kappa shape index (κ1) is 17.5. The molecule has 5 nitrogen and oxygen atoms in total. The average Bonchev–Trinajstić information content (AvgIpc) is 3.02. The Bertz CT molecular complexity index is 703. The van der Waals surface area contributed by atoms with E-state index in [1.165, 1.54) is 29.5 Å². The SMILES string of the molecule is C[C@@H](Sc1nnc(Nc2cccc(Cl)c2)s1)C(=O)N1CCCCC1. The summed E-state index contributed by atoms with van der Waals surface area (Å²) in [7, 11) is 0. The van der Waals surface area contributed by atoms with Crippen molar-refractivity contribution < 1.29 is 4.79 Å². The Morgan fingerprint density at radius 2 is 2.12 bits per heavy atom. The third kappa shape index (κ3) is 4.62. The number of nitrogens with zero attached hydrogens (tertiary/aromatic N) is 3. The standard InChI is InChI=1S/C16H19ClN4OS2/c1-11(14(22)21-8-3-2-4-9-21)23-16-20-19-15(24-16)18-13-7-5-6-12(17)10-13/h5-7,10-11H,2-4,8-9H2,1H3,(H,18,19)/t11-/m1/s1. The molecule has 0 aliphatic carbocycles. The third-order valence-electron chi connectivity index (χ3n) is 3.78. The molecule has 1 aromatic carbocycles. The summed E-state index contributed by atoms with van der Waals surface area (Å²) >= 11 is 8.88. The third-order valence-corrected chi connectivity index (χ3v) is 6.02. The smallest absolute Gasteiger partial charge is 0.235 e. The van der Waals surface area contributed by atoms with Crippen molar-refractivity contribution >= 4 is 51.4 Å². The molecular weight excluding hydrogens is 364 g/mol. The number of anilines is 2. The molecule has 1 aromatic heterocycles. The molecule has 1 aliphatic heterocycles. The molecule has 2 aromatic rings. The minimum Gasteiger partial charge on any atom is -0.342 e. The van der Waals surface area contributed by atoms with Crippen LogP contribution in [0.5, 0.6) is 0 Å². The van der Waals surface area contributed by atoms with Gasteiger partial charge in [0.2, 0.25) is 11.0 Å². The van der Waals surface area contributed by atoms with Crippen LogP contribution in [0.2, 0.25) is 5.02 Å². The summed E-state index contributed by atoms with van der Waals surface area (Å²) in [5, 5.41) is 12.7. The van der Waals surface area contributed by atoms with Crippen molar-refractivity contribution in [2.45, 2.75) is 35.8 Å². The van der Waals surface area contributed by atoms with Gasteiger partial charge in [0.05, 0.1) is 5.25 Å². The highest BCUT2D eigenvalue weighted by Crippen LogP contribution is 2.31. The largest absolute Gasteiger partial charge is 0.342 e. The number of piperidine rings is 1. The van der Waals surface area contributed by atoms with Crippen LogP contribution in [0.25, 0.3) is 0 Å². The minimum atomic E-state index is -0.143. The summed E-state index contributed by atoms with van der Waals surface area (Å²) in [5.74, 6) is 0.194. The van der Waals surface area contributed by atoms with Gasteiger partial charge in [-0.1, -0.05) is 40.8 Å². The number of benzene rings is 1. The van der Waals surface area contributed by atoms with E-state index in [1.807, 2.05) is 36.1 Å². The summed E-state index contributed by atoms with van der Waals surface area (Å²) in [6.07, 6.45) is 3.44. The van der Waals surface area contributed by atoms with Gasteiger partial charge in [-0.15, -0.1) is 10.2 Å². The maximum Gasteiger partial charge on any atom is 0.235 e. The number of thioether (sulfide) groups is 1. The topological polar surface area (TPSA) is 58.1 Å². The van der Waals surface area contributed by atoms with Gasteiger partial charge in [0.25, 0.3) is 0 Å². The number of hydrogen-bond donors (Lipinski definition) is 1. The Morgan fingerprint density at radius 3 is 2.88 bits per heavy atom. The van der Waals surface area contributed by atoms with Crippen LogP contribution < -0.4 is 5.32 Å². The Hall–Kier alpha value is -1.31. The van der Waals surface area contributed by atoms with Gasteiger partial charge in [-0.25, -0.2) is 0 Å². The Morgan fingerprint density at radius 1 is 1.33 bits per heavy atom. The van der Waals surface area contributed by atoms with Gasteiger partial charge < -0.3 is 10.2 Å². The van der Waals surface area contributed by atoms with Gasteiger partial charge in [-0.3, -0.25) is 4.79 Å². The number of rotatable bonds is 5. The zero-order valence-corrected chi connectivity index (χ0v) is 15.8. The minimum absolute atomic E-state index is 0.143. The maximum absolute atomic E-state index is 12.5. The molecule has 1 atom stereocenters. The zero-order valence-electron chi connectivity index (χ0n) is 13.4. The highest BCUT2D eigenvalue weighted by atomic mass is 35.5. The fraction of sp³-hybridized carbons (Fsp3) is 0.438. The molecule has 2 heterocycles. The summed E-state index contributed by atoms with van der Waals surface area (Å²) in [6.45, 7) is 3.69. The van der Waals surface area contributed by atoms with Crippen molar-refractivity contribution in [3.8, 4) is 0 Å². The number of carbonyl (C=O) groups is 1. The summed E-state index contributed by atoms with van der Waals surface area (Å²) in [6, 6.07) is 7.45. The van der Waals surface area contributed by atoms with Crippen molar-refractivity contribution in [1.82, 2.24) is 15.1 Å². The van der Waals surface area contributed by atoms with Gasteiger partial charge in [-0.2, -0.15) is 0 Å². The van der Waals surface area contributed by atoms with E-state index in [4.69, 9.17) is 11.6 Å². The molecule has 1 fully saturated rings.